The van der Waals surface area contributed by atoms with E-state index in [1.54, 1.807) is 19.3 Å². The van der Waals surface area contributed by atoms with Crippen molar-refractivity contribution in [2.45, 2.75) is 19.4 Å². The van der Waals surface area contributed by atoms with Crippen molar-refractivity contribution in [3.8, 4) is 0 Å². The second-order valence-corrected chi connectivity index (χ2v) is 4.21. The van der Waals surface area contributed by atoms with Gasteiger partial charge in [-0.25, -0.2) is 8.78 Å². The van der Waals surface area contributed by atoms with Crippen molar-refractivity contribution in [3.05, 3.63) is 59.2 Å². The minimum Gasteiger partial charge on any atom is -0.271 e. The summed E-state index contributed by atoms with van der Waals surface area (Å²) in [5, 5.41) is 0. The number of hydrazine groups is 1. The first-order valence-electron chi connectivity index (χ1n) is 5.79. The summed E-state index contributed by atoms with van der Waals surface area (Å²) >= 11 is 0. The smallest absolute Gasteiger partial charge is 0.129 e. The number of halogens is 2. The molecule has 19 heavy (non-hydrogen) atoms. The zero-order valence-corrected chi connectivity index (χ0v) is 10.4. The lowest BCUT2D eigenvalue weighted by atomic mass is 10.0. The van der Waals surface area contributed by atoms with Crippen LogP contribution >= 0.6 is 0 Å². The Kier molecular flexibility index (Phi) is 4.13. The maximum absolute atomic E-state index is 13.6. The molecule has 0 spiro atoms. The van der Waals surface area contributed by atoms with Crippen molar-refractivity contribution in [3.63, 3.8) is 0 Å². The van der Waals surface area contributed by atoms with Gasteiger partial charge in [0, 0.05) is 18.2 Å². The van der Waals surface area contributed by atoms with E-state index in [4.69, 9.17) is 5.84 Å². The summed E-state index contributed by atoms with van der Waals surface area (Å²) in [6.07, 6.45) is 3.18. The van der Waals surface area contributed by atoms with E-state index in [9.17, 15) is 8.78 Å². The number of hydrogen-bond acceptors (Lipinski definition) is 4. The number of aryl methyl sites for hydroxylation is 1. The van der Waals surface area contributed by atoms with Gasteiger partial charge < -0.3 is 0 Å². The highest BCUT2D eigenvalue weighted by molar-refractivity contribution is 5.22. The Hall–Kier alpha value is -1.92. The number of rotatable bonds is 4. The van der Waals surface area contributed by atoms with Crippen molar-refractivity contribution in [1.82, 2.24) is 15.4 Å². The van der Waals surface area contributed by atoms with E-state index in [-0.39, 0.29) is 12.0 Å². The third-order valence-electron chi connectivity index (χ3n) is 2.83. The van der Waals surface area contributed by atoms with Crippen molar-refractivity contribution in [2.75, 3.05) is 0 Å². The molecule has 0 aliphatic carbocycles. The van der Waals surface area contributed by atoms with Crippen LogP contribution in [0.3, 0.4) is 0 Å². The van der Waals surface area contributed by atoms with E-state index in [0.29, 0.717) is 5.69 Å². The van der Waals surface area contributed by atoms with E-state index < -0.39 is 17.7 Å². The summed E-state index contributed by atoms with van der Waals surface area (Å²) < 4.78 is 27.2. The monoisotopic (exact) mass is 264 g/mol. The van der Waals surface area contributed by atoms with Crippen LogP contribution in [0.4, 0.5) is 8.78 Å². The van der Waals surface area contributed by atoms with Crippen LogP contribution in [0, 0.1) is 18.6 Å². The van der Waals surface area contributed by atoms with Crippen molar-refractivity contribution >= 4 is 0 Å². The highest BCUT2D eigenvalue weighted by atomic mass is 19.1. The van der Waals surface area contributed by atoms with E-state index in [1.807, 2.05) is 0 Å². The molecule has 100 valence electrons. The molecule has 1 aromatic carbocycles. The highest BCUT2D eigenvalue weighted by Gasteiger charge is 2.17. The fourth-order valence-electron chi connectivity index (χ4n) is 1.76. The Morgan fingerprint density at radius 2 is 1.89 bits per heavy atom. The largest absolute Gasteiger partial charge is 0.271 e. The highest BCUT2D eigenvalue weighted by Crippen LogP contribution is 2.20. The molecule has 0 radical (unpaired) electrons. The van der Waals surface area contributed by atoms with Gasteiger partial charge >= 0.3 is 0 Å². The fourth-order valence-corrected chi connectivity index (χ4v) is 1.76. The maximum Gasteiger partial charge on any atom is 0.129 e. The fraction of sp³-hybridized carbons (Fsp3) is 0.231. The van der Waals surface area contributed by atoms with E-state index in [0.717, 1.165) is 5.69 Å². The number of nitrogens with zero attached hydrogens (tertiary/aromatic N) is 2. The second kappa shape index (κ2) is 5.81. The Balaban J connectivity index is 2.26. The summed E-state index contributed by atoms with van der Waals surface area (Å²) in [5.41, 5.74) is 3.78. The molecule has 6 heteroatoms. The summed E-state index contributed by atoms with van der Waals surface area (Å²) in [4.78, 5) is 8.24. The van der Waals surface area contributed by atoms with Crippen LogP contribution in [0.5, 0.6) is 0 Å². The van der Waals surface area contributed by atoms with Gasteiger partial charge in [0.1, 0.15) is 11.6 Å². The number of benzene rings is 1. The third-order valence-corrected chi connectivity index (χ3v) is 2.83. The maximum atomic E-state index is 13.6. The van der Waals surface area contributed by atoms with Crippen molar-refractivity contribution < 1.29 is 8.78 Å². The van der Waals surface area contributed by atoms with Gasteiger partial charge in [-0.1, -0.05) is 6.07 Å². The summed E-state index contributed by atoms with van der Waals surface area (Å²) in [6, 6.07) is 3.25. The molecule has 0 amide bonds. The van der Waals surface area contributed by atoms with Gasteiger partial charge in [0.15, 0.2) is 0 Å². The molecule has 0 saturated heterocycles. The van der Waals surface area contributed by atoms with Gasteiger partial charge in [-0.3, -0.25) is 21.2 Å². The Morgan fingerprint density at radius 1 is 1.21 bits per heavy atom. The Labute approximate surface area is 109 Å². The van der Waals surface area contributed by atoms with Crippen molar-refractivity contribution in [1.29, 1.82) is 0 Å². The van der Waals surface area contributed by atoms with Gasteiger partial charge in [0.2, 0.25) is 0 Å². The second-order valence-electron chi connectivity index (χ2n) is 4.21. The van der Waals surface area contributed by atoms with Crippen LogP contribution < -0.4 is 11.3 Å². The molecular formula is C13H14F2N4. The minimum atomic E-state index is -0.597. The van der Waals surface area contributed by atoms with Crippen LogP contribution in [0.2, 0.25) is 0 Å². The zero-order valence-electron chi connectivity index (χ0n) is 10.4. The van der Waals surface area contributed by atoms with E-state index in [1.165, 1.54) is 18.2 Å². The number of aromatic nitrogens is 2. The molecule has 3 N–H and O–H groups in total. The molecule has 1 atom stereocenters. The molecule has 0 saturated carbocycles. The molecule has 0 fully saturated rings. The lowest BCUT2D eigenvalue weighted by molar-refractivity contribution is 0.491. The first-order valence-corrected chi connectivity index (χ1v) is 5.79. The van der Waals surface area contributed by atoms with Crippen LogP contribution in [0.25, 0.3) is 0 Å². The molecule has 1 unspecified atom stereocenters. The molecule has 1 heterocycles. The van der Waals surface area contributed by atoms with Crippen LogP contribution in [0.15, 0.2) is 30.6 Å². The summed E-state index contributed by atoms with van der Waals surface area (Å²) in [5.74, 6) is 4.23. The van der Waals surface area contributed by atoms with Gasteiger partial charge in [-0.05, 0) is 19.1 Å². The average molecular weight is 264 g/mol. The van der Waals surface area contributed by atoms with Crippen LogP contribution in [-0.2, 0) is 6.42 Å². The number of nitrogens with two attached hydrogens (primary N) is 1. The number of nitrogens with one attached hydrogen (secondary N) is 1. The van der Waals surface area contributed by atoms with Crippen LogP contribution in [0.1, 0.15) is 23.0 Å². The predicted octanol–water partition coefficient (Wildman–Crippen LogP) is 1.81. The number of hydrogen-bond donors (Lipinski definition) is 2. The van der Waals surface area contributed by atoms with Crippen LogP contribution in [-0.4, -0.2) is 9.97 Å². The summed E-state index contributed by atoms with van der Waals surface area (Å²) in [6.45, 7) is 1.80. The quantitative estimate of drug-likeness (QED) is 0.653. The molecule has 2 rings (SSSR count). The molecule has 2 aromatic rings. The lowest BCUT2D eigenvalue weighted by Crippen LogP contribution is -2.31. The van der Waals surface area contributed by atoms with Gasteiger partial charge in [-0.2, -0.15) is 0 Å². The molecule has 0 aliphatic heterocycles. The topological polar surface area (TPSA) is 63.8 Å². The Morgan fingerprint density at radius 3 is 2.42 bits per heavy atom. The molecule has 4 nitrogen and oxygen atoms in total. The lowest BCUT2D eigenvalue weighted by Gasteiger charge is -2.16. The Bertz CT molecular complexity index is 537. The average Bonchev–Trinajstić information content (AvgIpc) is 2.40. The molecular weight excluding hydrogens is 250 g/mol. The predicted molar refractivity (Wildman–Crippen MR) is 66.9 cm³/mol. The molecule has 0 aliphatic rings. The SMILES string of the molecule is Cc1cnc(C(Cc2c(F)cccc2F)NN)cn1. The standard InChI is InChI=1S/C13H14F2N4/c1-8-6-18-13(7-17-8)12(19-16)5-9-10(14)3-2-4-11(9)15/h2-4,6-7,12,19H,5,16H2,1H3. The van der Waals surface area contributed by atoms with Gasteiger partial charge in [-0.15, -0.1) is 0 Å². The van der Waals surface area contributed by atoms with Gasteiger partial charge in [0.05, 0.1) is 23.6 Å². The van der Waals surface area contributed by atoms with Crippen molar-refractivity contribution in [2.24, 2.45) is 5.84 Å². The normalized spacial score (nSPS) is 12.4. The van der Waals surface area contributed by atoms with E-state index >= 15 is 0 Å². The zero-order chi connectivity index (χ0) is 13.8. The first-order chi connectivity index (χ1) is 9.11. The van der Waals surface area contributed by atoms with Gasteiger partial charge in [0.25, 0.3) is 0 Å². The van der Waals surface area contributed by atoms with E-state index in [2.05, 4.69) is 15.4 Å². The minimum absolute atomic E-state index is 0.0205. The first kappa shape index (κ1) is 13.5. The summed E-state index contributed by atoms with van der Waals surface area (Å²) in [7, 11) is 0. The molecule has 0 bridgehead atoms. The molecule has 1 aromatic heterocycles. The third kappa shape index (κ3) is 3.10.